The third kappa shape index (κ3) is 4.37. The second-order valence-corrected chi connectivity index (χ2v) is 7.64. The van der Waals surface area contributed by atoms with Crippen molar-refractivity contribution in [2.45, 2.75) is 33.2 Å². The topological polar surface area (TPSA) is 54.3 Å². The van der Waals surface area contributed by atoms with Gasteiger partial charge in [-0.15, -0.1) is 0 Å². The van der Waals surface area contributed by atoms with E-state index in [0.717, 1.165) is 48.7 Å². The Morgan fingerprint density at radius 1 is 0.967 bits per heavy atom. The lowest BCUT2D eigenvalue weighted by molar-refractivity contribution is -0.132. The monoisotopic (exact) mass is 403 g/mol. The lowest BCUT2D eigenvalue weighted by atomic mass is 10.1. The number of pyridine rings is 1. The highest BCUT2D eigenvalue weighted by Gasteiger charge is 2.23. The van der Waals surface area contributed by atoms with Gasteiger partial charge in [-0.2, -0.15) is 5.10 Å². The summed E-state index contributed by atoms with van der Waals surface area (Å²) in [6.45, 7) is 7.58. The second-order valence-electron chi connectivity index (χ2n) is 7.64. The molecule has 0 spiro atoms. The first-order chi connectivity index (χ1) is 14.7. The van der Waals surface area contributed by atoms with E-state index in [-0.39, 0.29) is 5.91 Å². The molecule has 2 aromatic heterocycles. The summed E-state index contributed by atoms with van der Waals surface area (Å²) in [7, 11) is 0. The predicted octanol–water partition coefficient (Wildman–Crippen LogP) is 3.42. The summed E-state index contributed by atoms with van der Waals surface area (Å²) >= 11 is 0. The van der Waals surface area contributed by atoms with Crippen molar-refractivity contribution in [2.75, 3.05) is 31.1 Å². The molecule has 0 N–H and O–H groups in total. The zero-order chi connectivity index (χ0) is 20.9. The van der Waals surface area contributed by atoms with Crippen LogP contribution in [-0.2, 0) is 24.2 Å². The third-order valence-corrected chi connectivity index (χ3v) is 5.75. The van der Waals surface area contributed by atoms with E-state index in [9.17, 15) is 4.79 Å². The Morgan fingerprint density at radius 3 is 2.50 bits per heavy atom. The number of aryl methyl sites for hydroxylation is 2. The molecule has 6 nitrogen and oxygen atoms in total. The summed E-state index contributed by atoms with van der Waals surface area (Å²) in [4.78, 5) is 21.5. The molecule has 1 aliphatic heterocycles. The van der Waals surface area contributed by atoms with E-state index in [1.54, 1.807) is 0 Å². The van der Waals surface area contributed by atoms with Crippen molar-refractivity contribution < 1.29 is 4.79 Å². The molecule has 0 atom stereocenters. The van der Waals surface area contributed by atoms with Crippen molar-refractivity contribution >= 4 is 11.7 Å². The molecule has 0 unspecified atom stereocenters. The summed E-state index contributed by atoms with van der Waals surface area (Å²) < 4.78 is 1.88. The Labute approximate surface area is 178 Å². The number of carbonyl (C=O) groups excluding carboxylic acids is 1. The predicted molar refractivity (Wildman–Crippen MR) is 119 cm³/mol. The van der Waals surface area contributed by atoms with E-state index >= 15 is 0 Å². The number of rotatable bonds is 6. The standard InChI is InChI=1S/C24H29N5O/c1-3-19-8-7-9-20(16-19)22-17-21(4-2)29(26-22)18-24(30)28-14-12-27(13-15-28)23-10-5-6-11-25-23/h5-11,16-17H,3-4,12-15,18H2,1-2H3. The molecule has 0 aliphatic carbocycles. The van der Waals surface area contributed by atoms with Crippen LogP contribution in [0, 0.1) is 0 Å². The van der Waals surface area contributed by atoms with Crippen LogP contribution in [0.3, 0.4) is 0 Å². The van der Waals surface area contributed by atoms with E-state index in [4.69, 9.17) is 5.10 Å². The van der Waals surface area contributed by atoms with Gasteiger partial charge in [-0.3, -0.25) is 9.48 Å². The van der Waals surface area contributed by atoms with Gasteiger partial charge in [-0.25, -0.2) is 4.98 Å². The minimum Gasteiger partial charge on any atom is -0.353 e. The smallest absolute Gasteiger partial charge is 0.244 e. The number of nitrogens with zero attached hydrogens (tertiary/aromatic N) is 5. The Hall–Kier alpha value is -3.15. The quantitative estimate of drug-likeness (QED) is 0.633. The zero-order valence-corrected chi connectivity index (χ0v) is 17.8. The normalized spacial score (nSPS) is 14.2. The maximum Gasteiger partial charge on any atom is 0.244 e. The Balaban J connectivity index is 1.42. The number of piperazine rings is 1. The van der Waals surface area contributed by atoms with Crippen molar-refractivity contribution in [3.63, 3.8) is 0 Å². The number of hydrogen-bond donors (Lipinski definition) is 0. The molecular formula is C24H29N5O. The Morgan fingerprint density at radius 2 is 1.80 bits per heavy atom. The van der Waals surface area contributed by atoms with Crippen LogP contribution < -0.4 is 4.90 Å². The van der Waals surface area contributed by atoms with Crippen LogP contribution in [0.15, 0.2) is 54.7 Å². The molecule has 1 aliphatic rings. The highest BCUT2D eigenvalue weighted by Crippen LogP contribution is 2.21. The first kappa shape index (κ1) is 20.1. The van der Waals surface area contributed by atoms with Crippen LogP contribution in [0.2, 0.25) is 0 Å². The summed E-state index contributed by atoms with van der Waals surface area (Å²) in [5.41, 5.74) is 4.43. The van der Waals surface area contributed by atoms with Crippen molar-refractivity contribution in [1.82, 2.24) is 19.7 Å². The number of carbonyl (C=O) groups is 1. The van der Waals surface area contributed by atoms with Crippen LogP contribution in [0.1, 0.15) is 25.1 Å². The molecule has 156 valence electrons. The largest absolute Gasteiger partial charge is 0.353 e. The van der Waals surface area contributed by atoms with Gasteiger partial charge in [0.1, 0.15) is 12.4 Å². The van der Waals surface area contributed by atoms with Crippen LogP contribution in [0.4, 0.5) is 5.82 Å². The highest BCUT2D eigenvalue weighted by molar-refractivity contribution is 5.76. The van der Waals surface area contributed by atoms with E-state index in [1.165, 1.54) is 5.56 Å². The van der Waals surface area contributed by atoms with Gasteiger partial charge in [-0.05, 0) is 42.7 Å². The molecule has 1 aromatic carbocycles. The first-order valence-electron chi connectivity index (χ1n) is 10.8. The maximum atomic E-state index is 13.0. The molecule has 30 heavy (non-hydrogen) atoms. The molecule has 3 heterocycles. The Kier molecular flexibility index (Phi) is 6.12. The van der Waals surface area contributed by atoms with Gasteiger partial charge in [0, 0.05) is 43.6 Å². The molecule has 0 radical (unpaired) electrons. The number of hydrogen-bond acceptors (Lipinski definition) is 4. The minimum atomic E-state index is 0.127. The fraction of sp³-hybridized carbons (Fsp3) is 0.375. The molecule has 0 saturated carbocycles. The fourth-order valence-electron chi connectivity index (χ4n) is 3.92. The minimum absolute atomic E-state index is 0.127. The Bertz CT molecular complexity index is 990. The van der Waals surface area contributed by atoms with Crippen molar-refractivity contribution in [1.29, 1.82) is 0 Å². The first-order valence-corrected chi connectivity index (χ1v) is 10.8. The summed E-state index contributed by atoms with van der Waals surface area (Å²) in [6, 6.07) is 16.5. The molecule has 0 bridgehead atoms. The van der Waals surface area contributed by atoms with Crippen molar-refractivity contribution in [3.05, 3.63) is 66.0 Å². The van der Waals surface area contributed by atoms with Gasteiger partial charge in [0.2, 0.25) is 5.91 Å². The molecule has 1 saturated heterocycles. The average Bonchev–Trinajstić information content (AvgIpc) is 3.22. The van der Waals surface area contributed by atoms with Crippen LogP contribution in [0.5, 0.6) is 0 Å². The van der Waals surface area contributed by atoms with Gasteiger partial charge in [0.15, 0.2) is 0 Å². The van der Waals surface area contributed by atoms with Gasteiger partial charge in [-0.1, -0.05) is 38.1 Å². The number of aromatic nitrogens is 3. The van der Waals surface area contributed by atoms with Gasteiger partial charge < -0.3 is 9.80 Å². The molecule has 1 amide bonds. The highest BCUT2D eigenvalue weighted by atomic mass is 16.2. The second kappa shape index (κ2) is 9.11. The average molecular weight is 404 g/mol. The van der Waals surface area contributed by atoms with E-state index < -0.39 is 0 Å². The zero-order valence-electron chi connectivity index (χ0n) is 17.8. The number of amides is 1. The summed E-state index contributed by atoms with van der Waals surface area (Å²) in [6.07, 6.45) is 3.66. The van der Waals surface area contributed by atoms with Gasteiger partial charge in [0.05, 0.1) is 5.69 Å². The molecule has 1 fully saturated rings. The number of benzene rings is 1. The molecule has 4 rings (SSSR count). The molecule has 3 aromatic rings. The molecular weight excluding hydrogens is 374 g/mol. The lowest BCUT2D eigenvalue weighted by Crippen LogP contribution is -2.50. The van der Waals surface area contributed by atoms with E-state index in [2.05, 4.69) is 54.1 Å². The van der Waals surface area contributed by atoms with Gasteiger partial charge >= 0.3 is 0 Å². The van der Waals surface area contributed by atoms with Crippen LogP contribution in [0.25, 0.3) is 11.3 Å². The lowest BCUT2D eigenvalue weighted by Gasteiger charge is -2.35. The van der Waals surface area contributed by atoms with Crippen molar-refractivity contribution in [3.8, 4) is 11.3 Å². The molecule has 6 heteroatoms. The number of anilines is 1. The summed E-state index contributed by atoms with van der Waals surface area (Å²) in [5.74, 6) is 1.10. The maximum absolute atomic E-state index is 13.0. The SMILES string of the molecule is CCc1cccc(-c2cc(CC)n(CC(=O)N3CCN(c4ccccn4)CC3)n2)c1. The van der Waals surface area contributed by atoms with Gasteiger partial charge in [0.25, 0.3) is 0 Å². The van der Waals surface area contributed by atoms with E-state index in [1.807, 2.05) is 34.0 Å². The summed E-state index contributed by atoms with van der Waals surface area (Å²) in [5, 5.41) is 4.77. The fourth-order valence-corrected chi connectivity index (χ4v) is 3.92. The third-order valence-electron chi connectivity index (χ3n) is 5.75. The van der Waals surface area contributed by atoms with Crippen molar-refractivity contribution in [2.24, 2.45) is 0 Å². The van der Waals surface area contributed by atoms with Crippen LogP contribution >= 0.6 is 0 Å². The van der Waals surface area contributed by atoms with E-state index in [0.29, 0.717) is 19.6 Å². The van der Waals surface area contributed by atoms with Crippen LogP contribution in [-0.4, -0.2) is 51.8 Å².